The first-order valence-electron chi connectivity index (χ1n) is 5.77. The van der Waals surface area contributed by atoms with Crippen molar-refractivity contribution in [2.24, 2.45) is 12.8 Å². The van der Waals surface area contributed by atoms with Crippen molar-refractivity contribution < 1.29 is 4.74 Å². The van der Waals surface area contributed by atoms with Gasteiger partial charge in [-0.3, -0.25) is 0 Å². The Kier molecular flexibility index (Phi) is 3.78. The smallest absolute Gasteiger partial charge is 0.128 e. The van der Waals surface area contributed by atoms with E-state index in [1.165, 1.54) is 5.69 Å². The Morgan fingerprint density at radius 3 is 2.61 bits per heavy atom. The fourth-order valence-corrected chi connectivity index (χ4v) is 2.47. The van der Waals surface area contributed by atoms with Crippen molar-refractivity contribution in [2.75, 3.05) is 7.11 Å². The quantitative estimate of drug-likeness (QED) is 0.945. The summed E-state index contributed by atoms with van der Waals surface area (Å²) in [5, 5.41) is 0. The average molecular weight is 309 g/mol. The van der Waals surface area contributed by atoms with E-state index in [1.807, 2.05) is 19.2 Å². The zero-order valence-corrected chi connectivity index (χ0v) is 12.4. The molecule has 1 heterocycles. The van der Waals surface area contributed by atoms with Gasteiger partial charge in [0.25, 0.3) is 0 Å². The third-order valence-electron chi connectivity index (χ3n) is 3.30. The number of ether oxygens (including phenoxy) is 1. The number of aromatic nitrogens is 1. The summed E-state index contributed by atoms with van der Waals surface area (Å²) in [6, 6.07) is 8.12. The first kappa shape index (κ1) is 13.2. The number of rotatable bonds is 3. The van der Waals surface area contributed by atoms with Gasteiger partial charge in [0, 0.05) is 29.3 Å². The van der Waals surface area contributed by atoms with Crippen LogP contribution in [0.2, 0.25) is 0 Å². The molecule has 18 heavy (non-hydrogen) atoms. The van der Waals surface area contributed by atoms with E-state index in [4.69, 9.17) is 10.5 Å². The van der Waals surface area contributed by atoms with E-state index in [-0.39, 0.29) is 0 Å². The second kappa shape index (κ2) is 5.16. The Hall–Kier alpha value is -1.26. The molecule has 0 spiro atoms. The van der Waals surface area contributed by atoms with Gasteiger partial charge in [-0.2, -0.15) is 0 Å². The van der Waals surface area contributed by atoms with E-state index in [9.17, 15) is 0 Å². The molecule has 0 aliphatic carbocycles. The number of halogens is 1. The van der Waals surface area contributed by atoms with Crippen LogP contribution in [0.1, 0.15) is 11.3 Å². The number of methoxy groups -OCH3 is 1. The van der Waals surface area contributed by atoms with Crippen LogP contribution in [0.4, 0.5) is 0 Å². The van der Waals surface area contributed by atoms with Crippen LogP contribution in [-0.2, 0) is 13.6 Å². The summed E-state index contributed by atoms with van der Waals surface area (Å²) in [5.74, 6) is 0.863. The number of nitrogens with zero attached hydrogens (tertiary/aromatic N) is 1. The highest BCUT2D eigenvalue weighted by Crippen LogP contribution is 2.34. The fraction of sp³-hybridized carbons (Fsp3) is 0.286. The minimum Gasteiger partial charge on any atom is -0.496 e. The van der Waals surface area contributed by atoms with Gasteiger partial charge in [0.15, 0.2) is 0 Å². The molecule has 0 radical (unpaired) electrons. The summed E-state index contributed by atoms with van der Waals surface area (Å²) >= 11 is 3.50. The summed E-state index contributed by atoms with van der Waals surface area (Å²) in [5.41, 5.74) is 10.3. The number of hydrogen-bond acceptors (Lipinski definition) is 2. The first-order valence-corrected chi connectivity index (χ1v) is 6.57. The largest absolute Gasteiger partial charge is 0.496 e. The molecule has 0 saturated carbocycles. The zero-order valence-electron chi connectivity index (χ0n) is 10.8. The topological polar surface area (TPSA) is 40.2 Å². The highest BCUT2D eigenvalue weighted by atomic mass is 79.9. The summed E-state index contributed by atoms with van der Waals surface area (Å²) in [6.45, 7) is 2.63. The van der Waals surface area contributed by atoms with Crippen LogP contribution in [0.25, 0.3) is 11.3 Å². The molecule has 0 saturated heterocycles. The van der Waals surface area contributed by atoms with Crippen LogP contribution >= 0.6 is 15.9 Å². The van der Waals surface area contributed by atoms with Crippen LogP contribution in [0.15, 0.2) is 28.7 Å². The predicted molar refractivity (Wildman–Crippen MR) is 77.7 cm³/mol. The van der Waals surface area contributed by atoms with Gasteiger partial charge in [-0.05, 0) is 36.8 Å². The zero-order chi connectivity index (χ0) is 13.3. The van der Waals surface area contributed by atoms with Gasteiger partial charge >= 0.3 is 0 Å². The highest BCUT2D eigenvalue weighted by Gasteiger charge is 2.13. The second-order valence-corrected chi connectivity index (χ2v) is 5.16. The fourth-order valence-electron chi connectivity index (χ4n) is 2.11. The van der Waals surface area contributed by atoms with Crippen LogP contribution in [0.5, 0.6) is 5.75 Å². The maximum Gasteiger partial charge on any atom is 0.128 e. The molecule has 1 aromatic heterocycles. The molecule has 1 aromatic carbocycles. The first-order chi connectivity index (χ1) is 8.58. The maximum absolute atomic E-state index is 5.76. The lowest BCUT2D eigenvalue weighted by atomic mass is 10.1. The third kappa shape index (κ3) is 2.18. The molecular formula is C14H17BrN2O. The van der Waals surface area contributed by atoms with Crippen molar-refractivity contribution >= 4 is 15.9 Å². The summed E-state index contributed by atoms with van der Waals surface area (Å²) in [4.78, 5) is 0. The van der Waals surface area contributed by atoms with Gasteiger partial charge in [-0.1, -0.05) is 15.9 Å². The van der Waals surface area contributed by atoms with E-state index in [0.717, 1.165) is 27.0 Å². The molecule has 0 unspecified atom stereocenters. The van der Waals surface area contributed by atoms with Gasteiger partial charge in [-0.15, -0.1) is 0 Å². The Labute approximate surface area is 116 Å². The summed E-state index contributed by atoms with van der Waals surface area (Å²) in [6.07, 6.45) is 0. The van der Waals surface area contributed by atoms with Gasteiger partial charge in [0.05, 0.1) is 12.8 Å². The molecule has 0 fully saturated rings. The van der Waals surface area contributed by atoms with Crippen LogP contribution in [0, 0.1) is 6.92 Å². The van der Waals surface area contributed by atoms with Crippen LogP contribution < -0.4 is 10.5 Å². The molecule has 3 nitrogen and oxygen atoms in total. The van der Waals surface area contributed by atoms with E-state index in [1.54, 1.807) is 7.11 Å². The molecular weight excluding hydrogens is 292 g/mol. The normalized spacial score (nSPS) is 10.7. The maximum atomic E-state index is 5.76. The lowest BCUT2D eigenvalue weighted by Crippen LogP contribution is -1.99. The van der Waals surface area contributed by atoms with E-state index < -0.39 is 0 Å². The molecule has 2 N–H and O–H groups in total. The molecule has 0 bridgehead atoms. The van der Waals surface area contributed by atoms with Crippen molar-refractivity contribution in [3.8, 4) is 17.0 Å². The third-order valence-corrected chi connectivity index (χ3v) is 3.79. The van der Waals surface area contributed by atoms with Crippen molar-refractivity contribution in [1.29, 1.82) is 0 Å². The minimum absolute atomic E-state index is 0.552. The Balaban J connectivity index is 2.64. The Morgan fingerprint density at radius 2 is 2.06 bits per heavy atom. The van der Waals surface area contributed by atoms with Crippen molar-refractivity contribution in [2.45, 2.75) is 13.5 Å². The Morgan fingerprint density at radius 1 is 1.33 bits per heavy atom. The van der Waals surface area contributed by atoms with E-state index >= 15 is 0 Å². The summed E-state index contributed by atoms with van der Waals surface area (Å²) < 4.78 is 8.61. The molecule has 0 aliphatic rings. The van der Waals surface area contributed by atoms with Gasteiger partial charge in [0.1, 0.15) is 5.75 Å². The molecule has 96 valence electrons. The summed E-state index contributed by atoms with van der Waals surface area (Å²) in [7, 11) is 3.73. The highest BCUT2D eigenvalue weighted by molar-refractivity contribution is 9.10. The van der Waals surface area contributed by atoms with Crippen molar-refractivity contribution in [3.63, 3.8) is 0 Å². The van der Waals surface area contributed by atoms with E-state index in [2.05, 4.69) is 39.6 Å². The number of nitrogens with two attached hydrogens (primary N) is 1. The van der Waals surface area contributed by atoms with E-state index in [0.29, 0.717) is 6.54 Å². The minimum atomic E-state index is 0.552. The van der Waals surface area contributed by atoms with Crippen molar-refractivity contribution in [3.05, 3.63) is 40.0 Å². The lowest BCUT2D eigenvalue weighted by Gasteiger charge is -2.10. The lowest BCUT2D eigenvalue weighted by molar-refractivity contribution is 0.416. The standard InChI is InChI=1S/C14H17BrN2O/c1-9-10(8-16)6-13(17(9)2)12-7-11(15)4-5-14(12)18-3/h4-7H,8,16H2,1-3H3. The number of benzene rings is 1. The van der Waals surface area contributed by atoms with Crippen molar-refractivity contribution in [1.82, 2.24) is 4.57 Å². The molecule has 2 aromatic rings. The molecule has 4 heteroatoms. The monoisotopic (exact) mass is 308 g/mol. The molecule has 0 aliphatic heterocycles. The second-order valence-electron chi connectivity index (χ2n) is 4.25. The SMILES string of the molecule is COc1ccc(Br)cc1-c1cc(CN)c(C)n1C. The average Bonchev–Trinajstić information content (AvgIpc) is 2.66. The Bertz CT molecular complexity index is 575. The molecule has 0 amide bonds. The van der Waals surface area contributed by atoms with Crippen LogP contribution in [-0.4, -0.2) is 11.7 Å². The van der Waals surface area contributed by atoms with Gasteiger partial charge in [-0.25, -0.2) is 0 Å². The van der Waals surface area contributed by atoms with Crippen LogP contribution in [0.3, 0.4) is 0 Å². The predicted octanol–water partition coefficient (Wildman–Crippen LogP) is 3.23. The van der Waals surface area contributed by atoms with Gasteiger partial charge in [0.2, 0.25) is 0 Å². The van der Waals surface area contributed by atoms with Gasteiger partial charge < -0.3 is 15.0 Å². The molecule has 0 atom stereocenters. The number of hydrogen-bond donors (Lipinski definition) is 1. The molecule has 2 rings (SSSR count).